The first-order valence-electron chi connectivity index (χ1n) is 7.87. The van der Waals surface area contributed by atoms with Gasteiger partial charge < -0.3 is 14.5 Å². The highest BCUT2D eigenvalue weighted by atomic mass is 35.5. The molecule has 1 fully saturated rings. The number of hydrogen-bond donors (Lipinski definition) is 0. The second-order valence-corrected chi connectivity index (χ2v) is 7.31. The summed E-state index contributed by atoms with van der Waals surface area (Å²) in [6.45, 7) is 8.87. The lowest BCUT2D eigenvalue weighted by Gasteiger charge is -2.38. The fraction of sp³-hybridized carbons (Fsp3) is 0.688. The van der Waals surface area contributed by atoms with E-state index in [1.807, 2.05) is 40.8 Å². The maximum Gasteiger partial charge on any atom is 0.410 e. The van der Waals surface area contributed by atoms with Crippen molar-refractivity contribution in [3.8, 4) is 0 Å². The number of carbonyl (C=O) groups excluding carboxylic acids is 1. The molecule has 0 spiro atoms. The number of likely N-dealkylation sites (N-methyl/N-ethyl adjacent to an activating group) is 1. The van der Waals surface area contributed by atoms with Crippen LogP contribution in [0.25, 0.3) is 0 Å². The van der Waals surface area contributed by atoms with E-state index in [4.69, 9.17) is 16.3 Å². The Morgan fingerprint density at radius 1 is 1.43 bits per heavy atom. The van der Waals surface area contributed by atoms with Crippen molar-refractivity contribution in [1.82, 2.24) is 14.9 Å². The summed E-state index contributed by atoms with van der Waals surface area (Å²) in [6, 6.07) is 2.08. The first kappa shape index (κ1) is 17.8. The van der Waals surface area contributed by atoms with Gasteiger partial charge in [-0.15, -0.1) is 0 Å². The van der Waals surface area contributed by atoms with E-state index >= 15 is 0 Å². The van der Waals surface area contributed by atoms with E-state index in [9.17, 15) is 4.79 Å². The second-order valence-electron chi connectivity index (χ2n) is 6.97. The molecule has 2 rings (SSSR count). The Balaban J connectivity index is 2.06. The molecule has 0 aromatic carbocycles. The predicted octanol–water partition coefficient (Wildman–Crippen LogP) is 3.27. The van der Waals surface area contributed by atoms with Crippen molar-refractivity contribution >= 4 is 23.5 Å². The van der Waals surface area contributed by atoms with E-state index in [1.165, 1.54) is 0 Å². The van der Waals surface area contributed by atoms with Gasteiger partial charge in [0.2, 0.25) is 5.28 Å². The molecular weight excluding hydrogens is 316 g/mol. The number of anilines is 1. The van der Waals surface area contributed by atoms with E-state index in [-0.39, 0.29) is 17.4 Å². The molecule has 0 N–H and O–H groups in total. The number of hydrogen-bond acceptors (Lipinski definition) is 5. The fourth-order valence-corrected chi connectivity index (χ4v) is 2.87. The van der Waals surface area contributed by atoms with Crippen LogP contribution in [-0.4, -0.2) is 52.7 Å². The number of rotatable bonds is 2. The molecule has 1 aliphatic heterocycles. The molecule has 0 bridgehead atoms. The highest BCUT2D eigenvalue weighted by molar-refractivity contribution is 6.28. The normalized spacial score (nSPS) is 18.7. The molecule has 0 unspecified atom stereocenters. The van der Waals surface area contributed by atoms with Crippen LogP contribution in [0.3, 0.4) is 0 Å². The Bertz CT molecular complexity index is 553. The Hall–Kier alpha value is -1.56. The van der Waals surface area contributed by atoms with Crippen LogP contribution in [0.2, 0.25) is 5.28 Å². The molecule has 1 saturated heterocycles. The van der Waals surface area contributed by atoms with Crippen LogP contribution < -0.4 is 4.90 Å². The Morgan fingerprint density at radius 2 is 2.13 bits per heavy atom. The van der Waals surface area contributed by atoms with Gasteiger partial charge in [-0.25, -0.2) is 14.8 Å². The van der Waals surface area contributed by atoms with Gasteiger partial charge in [0.25, 0.3) is 0 Å². The van der Waals surface area contributed by atoms with E-state index in [0.29, 0.717) is 6.54 Å². The second kappa shape index (κ2) is 6.91. The number of halogens is 1. The van der Waals surface area contributed by atoms with Gasteiger partial charge in [0, 0.05) is 37.9 Å². The summed E-state index contributed by atoms with van der Waals surface area (Å²) < 4.78 is 5.47. The number of aromatic nitrogens is 2. The van der Waals surface area contributed by atoms with Crippen molar-refractivity contribution in [1.29, 1.82) is 0 Å². The zero-order chi connectivity index (χ0) is 17.2. The van der Waals surface area contributed by atoms with E-state index < -0.39 is 5.60 Å². The largest absolute Gasteiger partial charge is 0.444 e. The number of likely N-dealkylation sites (tertiary alicyclic amines) is 1. The third-order valence-corrected chi connectivity index (χ3v) is 3.94. The van der Waals surface area contributed by atoms with Gasteiger partial charge in [-0.2, -0.15) is 0 Å². The molecule has 1 aromatic rings. The molecule has 128 valence electrons. The van der Waals surface area contributed by atoms with Crippen LogP contribution >= 0.6 is 11.6 Å². The molecule has 0 radical (unpaired) electrons. The molecule has 1 aromatic heterocycles. The third-order valence-electron chi connectivity index (χ3n) is 3.77. The average Bonchev–Trinajstić information content (AvgIpc) is 2.44. The van der Waals surface area contributed by atoms with Crippen LogP contribution in [0.15, 0.2) is 6.07 Å². The molecule has 1 atom stereocenters. The van der Waals surface area contributed by atoms with Crippen molar-refractivity contribution in [2.24, 2.45) is 0 Å². The molecule has 1 amide bonds. The predicted molar refractivity (Wildman–Crippen MR) is 91.0 cm³/mol. The van der Waals surface area contributed by atoms with E-state index in [2.05, 4.69) is 14.9 Å². The number of aryl methyl sites for hydroxylation is 1. The van der Waals surface area contributed by atoms with Crippen LogP contribution in [-0.2, 0) is 4.74 Å². The maximum absolute atomic E-state index is 12.3. The van der Waals surface area contributed by atoms with Crippen LogP contribution in [0.5, 0.6) is 0 Å². The lowest BCUT2D eigenvalue weighted by atomic mass is 10.0. The SMILES string of the molecule is Cc1cc(N(C)[C@H]2CCCN(C(=O)OC(C)(C)C)C2)nc(Cl)n1. The van der Waals surface area contributed by atoms with Crippen LogP contribution in [0, 0.1) is 6.92 Å². The smallest absolute Gasteiger partial charge is 0.410 e. The minimum Gasteiger partial charge on any atom is -0.444 e. The van der Waals surface area contributed by atoms with Crippen molar-refractivity contribution < 1.29 is 9.53 Å². The first-order valence-corrected chi connectivity index (χ1v) is 8.25. The quantitative estimate of drug-likeness (QED) is 0.773. The minimum atomic E-state index is -0.479. The molecule has 0 saturated carbocycles. The summed E-state index contributed by atoms with van der Waals surface area (Å²) in [5.41, 5.74) is 0.347. The van der Waals surface area contributed by atoms with Gasteiger partial charge in [0.05, 0.1) is 0 Å². The molecule has 7 heteroatoms. The maximum atomic E-state index is 12.3. The van der Waals surface area contributed by atoms with E-state index in [0.717, 1.165) is 30.9 Å². The number of amides is 1. The van der Waals surface area contributed by atoms with Crippen LogP contribution in [0.4, 0.5) is 10.6 Å². The summed E-state index contributed by atoms with van der Waals surface area (Å²) in [4.78, 5) is 24.5. The van der Waals surface area contributed by atoms with Gasteiger partial charge in [0.1, 0.15) is 11.4 Å². The topological polar surface area (TPSA) is 58.6 Å². The lowest BCUT2D eigenvalue weighted by molar-refractivity contribution is 0.0199. The summed E-state index contributed by atoms with van der Waals surface area (Å²) in [6.07, 6.45) is 1.68. The molecule has 6 nitrogen and oxygen atoms in total. The van der Waals surface area contributed by atoms with Crippen molar-refractivity contribution in [2.75, 3.05) is 25.0 Å². The lowest BCUT2D eigenvalue weighted by Crippen LogP contribution is -2.50. The fourth-order valence-electron chi connectivity index (χ4n) is 2.65. The Labute approximate surface area is 142 Å². The van der Waals surface area contributed by atoms with Gasteiger partial charge in [-0.3, -0.25) is 0 Å². The molecule has 1 aliphatic rings. The number of piperidine rings is 1. The van der Waals surface area contributed by atoms with Crippen molar-refractivity contribution in [3.63, 3.8) is 0 Å². The molecule has 0 aliphatic carbocycles. The zero-order valence-corrected chi connectivity index (χ0v) is 15.2. The monoisotopic (exact) mass is 340 g/mol. The standard InChI is InChI=1S/C16H25ClN4O2/c1-11-9-13(19-14(17)18-11)20(5)12-7-6-8-21(10-12)15(22)23-16(2,3)4/h9,12H,6-8,10H2,1-5H3/t12-/m0/s1. The third kappa shape index (κ3) is 4.96. The molecule has 2 heterocycles. The summed E-state index contributed by atoms with van der Waals surface area (Å²) >= 11 is 5.95. The van der Waals surface area contributed by atoms with Crippen molar-refractivity contribution in [2.45, 2.75) is 52.2 Å². The minimum absolute atomic E-state index is 0.182. The average molecular weight is 341 g/mol. The molecular formula is C16H25ClN4O2. The van der Waals surface area contributed by atoms with Gasteiger partial charge in [0.15, 0.2) is 0 Å². The number of nitrogens with zero attached hydrogens (tertiary/aromatic N) is 4. The Kier molecular flexibility index (Phi) is 5.34. The highest BCUT2D eigenvalue weighted by Gasteiger charge is 2.30. The van der Waals surface area contributed by atoms with Crippen molar-refractivity contribution in [3.05, 3.63) is 17.0 Å². The Morgan fingerprint density at radius 3 is 2.74 bits per heavy atom. The highest BCUT2D eigenvalue weighted by Crippen LogP contribution is 2.22. The summed E-state index contributed by atoms with van der Waals surface area (Å²) in [7, 11) is 1.97. The summed E-state index contributed by atoms with van der Waals surface area (Å²) in [5.74, 6) is 0.776. The van der Waals surface area contributed by atoms with Gasteiger partial charge in [-0.1, -0.05) is 0 Å². The van der Waals surface area contributed by atoms with Gasteiger partial charge in [-0.05, 0) is 52.1 Å². The van der Waals surface area contributed by atoms with Gasteiger partial charge >= 0.3 is 6.09 Å². The zero-order valence-electron chi connectivity index (χ0n) is 14.5. The molecule has 23 heavy (non-hydrogen) atoms. The number of carbonyl (C=O) groups is 1. The summed E-state index contributed by atoms with van der Waals surface area (Å²) in [5, 5.41) is 0.242. The first-order chi connectivity index (χ1) is 10.7. The van der Waals surface area contributed by atoms with Crippen LogP contribution in [0.1, 0.15) is 39.3 Å². The number of ether oxygens (including phenoxy) is 1. The van der Waals surface area contributed by atoms with E-state index in [1.54, 1.807) is 4.90 Å².